The first-order valence-electron chi connectivity index (χ1n) is 7.28. The van der Waals surface area contributed by atoms with Crippen LogP contribution in [0, 0.1) is 0 Å². The molecule has 0 heterocycles. The summed E-state index contributed by atoms with van der Waals surface area (Å²) in [4.78, 5) is 11.1. The zero-order valence-corrected chi connectivity index (χ0v) is 11.7. The van der Waals surface area contributed by atoms with Gasteiger partial charge in [0.1, 0.15) is 0 Å². The highest BCUT2D eigenvalue weighted by atomic mass is 16.1. The summed E-state index contributed by atoms with van der Waals surface area (Å²) in [5.41, 5.74) is 1.38. The lowest BCUT2D eigenvalue weighted by atomic mass is 9.91. The highest BCUT2D eigenvalue weighted by Crippen LogP contribution is 2.18. The SMILES string of the molecule is CC(=O)N[C@H]1CCC[C@@H](NCCc2ccccc2)C1. The Morgan fingerprint density at radius 2 is 1.95 bits per heavy atom. The van der Waals surface area contributed by atoms with Crippen LogP contribution in [-0.2, 0) is 11.2 Å². The van der Waals surface area contributed by atoms with Crippen LogP contribution in [0.4, 0.5) is 0 Å². The van der Waals surface area contributed by atoms with Crippen molar-refractivity contribution in [2.45, 2.75) is 51.1 Å². The summed E-state index contributed by atoms with van der Waals surface area (Å²) in [6.07, 6.45) is 5.69. The molecule has 2 atom stereocenters. The number of hydrogen-bond acceptors (Lipinski definition) is 2. The van der Waals surface area contributed by atoms with Crippen LogP contribution < -0.4 is 10.6 Å². The lowest BCUT2D eigenvalue weighted by molar-refractivity contribution is -0.119. The van der Waals surface area contributed by atoms with E-state index in [1.165, 1.54) is 18.4 Å². The van der Waals surface area contributed by atoms with E-state index in [-0.39, 0.29) is 5.91 Å². The van der Waals surface area contributed by atoms with Gasteiger partial charge in [-0.2, -0.15) is 0 Å². The van der Waals surface area contributed by atoms with Crippen LogP contribution in [0.3, 0.4) is 0 Å². The zero-order chi connectivity index (χ0) is 13.5. The minimum atomic E-state index is 0.0925. The quantitative estimate of drug-likeness (QED) is 0.852. The van der Waals surface area contributed by atoms with Crippen LogP contribution in [0.2, 0.25) is 0 Å². The Labute approximate surface area is 115 Å². The third kappa shape index (κ3) is 5.03. The Balaban J connectivity index is 1.69. The summed E-state index contributed by atoms with van der Waals surface area (Å²) in [6, 6.07) is 11.5. The van der Waals surface area contributed by atoms with Gasteiger partial charge in [-0.1, -0.05) is 30.3 Å². The van der Waals surface area contributed by atoms with E-state index in [2.05, 4.69) is 41.0 Å². The van der Waals surface area contributed by atoms with Gasteiger partial charge in [0, 0.05) is 19.0 Å². The Hall–Kier alpha value is -1.35. The number of amides is 1. The Kier molecular flexibility index (Phi) is 5.40. The molecule has 0 aliphatic heterocycles. The van der Waals surface area contributed by atoms with E-state index in [1.807, 2.05) is 0 Å². The summed E-state index contributed by atoms with van der Waals surface area (Å²) in [5, 5.41) is 6.66. The fraction of sp³-hybridized carbons (Fsp3) is 0.562. The molecule has 1 aliphatic carbocycles. The van der Waals surface area contributed by atoms with Crippen molar-refractivity contribution in [3.8, 4) is 0 Å². The molecule has 1 fully saturated rings. The van der Waals surface area contributed by atoms with Crippen molar-refractivity contribution >= 4 is 5.91 Å². The maximum absolute atomic E-state index is 11.1. The molecule has 0 bridgehead atoms. The van der Waals surface area contributed by atoms with Gasteiger partial charge in [0.05, 0.1) is 0 Å². The summed E-state index contributed by atoms with van der Waals surface area (Å²) < 4.78 is 0. The second kappa shape index (κ2) is 7.29. The molecule has 3 nitrogen and oxygen atoms in total. The lowest BCUT2D eigenvalue weighted by Gasteiger charge is -2.30. The molecule has 19 heavy (non-hydrogen) atoms. The van der Waals surface area contributed by atoms with E-state index in [4.69, 9.17) is 0 Å². The smallest absolute Gasteiger partial charge is 0.217 e. The van der Waals surface area contributed by atoms with E-state index in [9.17, 15) is 4.79 Å². The van der Waals surface area contributed by atoms with Gasteiger partial charge >= 0.3 is 0 Å². The predicted molar refractivity (Wildman–Crippen MR) is 78.0 cm³/mol. The van der Waals surface area contributed by atoms with Crippen LogP contribution in [0.25, 0.3) is 0 Å². The largest absolute Gasteiger partial charge is 0.354 e. The number of rotatable bonds is 5. The normalized spacial score (nSPS) is 23.0. The highest BCUT2D eigenvalue weighted by molar-refractivity contribution is 5.73. The van der Waals surface area contributed by atoms with E-state index in [1.54, 1.807) is 6.92 Å². The number of nitrogens with one attached hydrogen (secondary N) is 2. The second-order valence-corrected chi connectivity index (χ2v) is 5.45. The molecule has 1 aromatic rings. The summed E-state index contributed by atoms with van der Waals surface area (Å²) >= 11 is 0. The number of hydrogen-bond donors (Lipinski definition) is 2. The van der Waals surface area contributed by atoms with E-state index in [0.29, 0.717) is 12.1 Å². The molecular weight excluding hydrogens is 236 g/mol. The Morgan fingerprint density at radius 3 is 2.68 bits per heavy atom. The van der Waals surface area contributed by atoms with Gasteiger partial charge in [-0.25, -0.2) is 0 Å². The third-order valence-electron chi connectivity index (χ3n) is 3.77. The van der Waals surface area contributed by atoms with E-state index < -0.39 is 0 Å². The molecular formula is C16H24N2O. The van der Waals surface area contributed by atoms with Crippen LogP contribution in [-0.4, -0.2) is 24.5 Å². The number of benzene rings is 1. The average Bonchev–Trinajstić information content (AvgIpc) is 2.40. The number of carbonyl (C=O) groups excluding carboxylic acids is 1. The molecule has 0 radical (unpaired) electrons. The van der Waals surface area contributed by atoms with Crippen LogP contribution in [0.5, 0.6) is 0 Å². The van der Waals surface area contributed by atoms with Crippen molar-refractivity contribution in [2.75, 3.05) is 6.54 Å². The van der Waals surface area contributed by atoms with Gasteiger partial charge in [0.25, 0.3) is 0 Å². The molecule has 0 unspecified atom stereocenters. The van der Waals surface area contributed by atoms with Crippen molar-refractivity contribution < 1.29 is 4.79 Å². The Morgan fingerprint density at radius 1 is 1.21 bits per heavy atom. The minimum absolute atomic E-state index is 0.0925. The summed E-state index contributed by atoms with van der Waals surface area (Å²) in [6.45, 7) is 2.62. The van der Waals surface area contributed by atoms with Crippen molar-refractivity contribution in [3.05, 3.63) is 35.9 Å². The molecule has 0 saturated heterocycles. The molecule has 1 aliphatic rings. The molecule has 1 saturated carbocycles. The maximum atomic E-state index is 11.1. The predicted octanol–water partition coefficient (Wildman–Crippen LogP) is 2.27. The summed E-state index contributed by atoms with van der Waals surface area (Å²) in [5.74, 6) is 0.0925. The van der Waals surface area contributed by atoms with Crippen LogP contribution in [0.1, 0.15) is 38.2 Å². The van der Waals surface area contributed by atoms with Gasteiger partial charge in [0.15, 0.2) is 0 Å². The zero-order valence-electron chi connectivity index (χ0n) is 11.7. The van der Waals surface area contributed by atoms with Crippen molar-refractivity contribution in [3.63, 3.8) is 0 Å². The second-order valence-electron chi connectivity index (χ2n) is 5.45. The maximum Gasteiger partial charge on any atom is 0.217 e. The number of carbonyl (C=O) groups is 1. The van der Waals surface area contributed by atoms with Gasteiger partial charge in [-0.3, -0.25) is 4.79 Å². The first-order chi connectivity index (χ1) is 9.24. The fourth-order valence-electron chi connectivity index (χ4n) is 2.86. The molecule has 2 N–H and O–H groups in total. The molecule has 1 aromatic carbocycles. The molecule has 104 valence electrons. The van der Waals surface area contributed by atoms with Crippen molar-refractivity contribution in [1.82, 2.24) is 10.6 Å². The molecule has 1 amide bonds. The first kappa shape index (κ1) is 14.1. The topological polar surface area (TPSA) is 41.1 Å². The van der Waals surface area contributed by atoms with Gasteiger partial charge in [-0.05, 0) is 44.2 Å². The van der Waals surface area contributed by atoms with Crippen molar-refractivity contribution in [1.29, 1.82) is 0 Å². The van der Waals surface area contributed by atoms with E-state index in [0.717, 1.165) is 25.8 Å². The van der Waals surface area contributed by atoms with Gasteiger partial charge in [0.2, 0.25) is 5.91 Å². The fourth-order valence-corrected chi connectivity index (χ4v) is 2.86. The lowest BCUT2D eigenvalue weighted by Crippen LogP contribution is -2.43. The highest BCUT2D eigenvalue weighted by Gasteiger charge is 2.21. The van der Waals surface area contributed by atoms with Gasteiger partial charge < -0.3 is 10.6 Å². The first-order valence-corrected chi connectivity index (χ1v) is 7.28. The monoisotopic (exact) mass is 260 g/mol. The van der Waals surface area contributed by atoms with Gasteiger partial charge in [-0.15, -0.1) is 0 Å². The minimum Gasteiger partial charge on any atom is -0.354 e. The molecule has 2 rings (SSSR count). The van der Waals surface area contributed by atoms with Crippen molar-refractivity contribution in [2.24, 2.45) is 0 Å². The molecule has 0 aromatic heterocycles. The van der Waals surface area contributed by atoms with Crippen LogP contribution in [0.15, 0.2) is 30.3 Å². The van der Waals surface area contributed by atoms with Crippen LogP contribution >= 0.6 is 0 Å². The van der Waals surface area contributed by atoms with E-state index >= 15 is 0 Å². The standard InChI is InChI=1S/C16H24N2O/c1-13(19)18-16-9-5-8-15(12-16)17-11-10-14-6-3-2-4-7-14/h2-4,6-7,15-17H,5,8-12H2,1H3,(H,18,19)/t15-,16+/m1/s1. The molecule has 0 spiro atoms. The third-order valence-corrected chi connectivity index (χ3v) is 3.77. The Bertz CT molecular complexity index is 391. The average molecular weight is 260 g/mol. The summed E-state index contributed by atoms with van der Waals surface area (Å²) in [7, 11) is 0. The molecule has 3 heteroatoms.